The van der Waals surface area contributed by atoms with E-state index in [-0.39, 0.29) is 0 Å². The number of piperidine rings is 1. The van der Waals surface area contributed by atoms with Crippen molar-refractivity contribution in [3.8, 4) is 0 Å². The monoisotopic (exact) mass is 430 g/mol. The van der Waals surface area contributed by atoms with E-state index in [9.17, 15) is 0 Å². The molecule has 0 bridgehead atoms. The van der Waals surface area contributed by atoms with Crippen LogP contribution in [0.2, 0.25) is 0 Å². The minimum Gasteiger partial charge on any atom is -0.465 e. The third kappa shape index (κ3) is 5.40. The zero-order valence-corrected chi connectivity index (χ0v) is 18.5. The number of hydrogen-bond acceptors (Lipinski definition) is 7. The highest BCUT2D eigenvalue weighted by atomic mass is 32.1. The van der Waals surface area contributed by atoms with Gasteiger partial charge in [0.15, 0.2) is 5.11 Å². The van der Waals surface area contributed by atoms with Crippen molar-refractivity contribution < 1.29 is 9.15 Å². The molecule has 0 spiro atoms. The van der Waals surface area contributed by atoms with Gasteiger partial charge in [0.2, 0.25) is 5.95 Å². The van der Waals surface area contributed by atoms with Crippen LogP contribution >= 0.6 is 12.2 Å². The van der Waals surface area contributed by atoms with Crippen molar-refractivity contribution in [2.75, 3.05) is 54.5 Å². The first-order chi connectivity index (χ1) is 14.6. The molecule has 2 N–H and O–H groups in total. The van der Waals surface area contributed by atoms with Gasteiger partial charge in [0.05, 0.1) is 19.8 Å². The van der Waals surface area contributed by atoms with Crippen LogP contribution in [0.25, 0.3) is 0 Å². The van der Waals surface area contributed by atoms with E-state index < -0.39 is 0 Å². The van der Waals surface area contributed by atoms with Gasteiger partial charge in [0.25, 0.3) is 0 Å². The van der Waals surface area contributed by atoms with E-state index in [0.717, 1.165) is 49.3 Å². The van der Waals surface area contributed by atoms with Gasteiger partial charge in [-0.25, -0.2) is 0 Å². The van der Waals surface area contributed by atoms with E-state index in [0.29, 0.717) is 36.7 Å². The van der Waals surface area contributed by atoms with E-state index in [1.165, 1.54) is 12.8 Å². The Morgan fingerprint density at radius 1 is 1.17 bits per heavy atom. The van der Waals surface area contributed by atoms with Gasteiger partial charge in [0.1, 0.15) is 23.2 Å². The zero-order chi connectivity index (χ0) is 20.9. The van der Waals surface area contributed by atoms with E-state index >= 15 is 0 Å². The van der Waals surface area contributed by atoms with Crippen molar-refractivity contribution >= 4 is 34.9 Å². The summed E-state index contributed by atoms with van der Waals surface area (Å²) < 4.78 is 11.1. The summed E-state index contributed by atoms with van der Waals surface area (Å²) in [6.45, 7) is 9.85. The van der Waals surface area contributed by atoms with Gasteiger partial charge in [-0.1, -0.05) is 6.92 Å². The summed E-state index contributed by atoms with van der Waals surface area (Å²) in [5.74, 6) is 4.76. The van der Waals surface area contributed by atoms with E-state index in [1.54, 1.807) is 0 Å². The fourth-order valence-electron chi connectivity index (χ4n) is 3.89. The Morgan fingerprint density at radius 3 is 2.63 bits per heavy atom. The highest BCUT2D eigenvalue weighted by Gasteiger charge is 2.21. The molecule has 4 heterocycles. The number of nitrogens with one attached hydrogen (secondary N) is 2. The Balaban J connectivity index is 1.49. The van der Waals surface area contributed by atoms with Gasteiger partial charge in [-0.3, -0.25) is 0 Å². The molecule has 0 unspecified atom stereocenters. The van der Waals surface area contributed by atoms with Crippen LogP contribution in [0.1, 0.15) is 31.3 Å². The van der Waals surface area contributed by atoms with E-state index in [2.05, 4.69) is 33.4 Å². The number of hydrogen-bond donors (Lipinski definition) is 2. The molecule has 0 amide bonds. The van der Waals surface area contributed by atoms with Gasteiger partial charge < -0.3 is 29.6 Å². The molecular weight excluding hydrogens is 400 g/mol. The molecular formula is C21H30N6O2S. The van der Waals surface area contributed by atoms with Crippen molar-refractivity contribution in [2.45, 2.75) is 33.2 Å². The Hall–Kier alpha value is -2.39. The van der Waals surface area contributed by atoms with Crippen LogP contribution in [0.5, 0.6) is 0 Å². The van der Waals surface area contributed by atoms with Gasteiger partial charge in [0, 0.05) is 32.2 Å². The largest absolute Gasteiger partial charge is 0.465 e. The Labute approximate surface area is 183 Å². The summed E-state index contributed by atoms with van der Waals surface area (Å²) in [6, 6.07) is 5.97. The smallest absolute Gasteiger partial charge is 0.232 e. The molecule has 1 atom stereocenters. The first-order valence-corrected chi connectivity index (χ1v) is 11.0. The Morgan fingerprint density at radius 2 is 1.93 bits per heavy atom. The van der Waals surface area contributed by atoms with Crippen LogP contribution in [0.15, 0.2) is 22.6 Å². The van der Waals surface area contributed by atoms with Crippen molar-refractivity contribution in [3.05, 3.63) is 29.7 Å². The molecule has 2 aromatic heterocycles. The standard InChI is InChI=1S/C21H30N6O2S/c1-15-4-3-7-27(14-15)19-12-18(26-8-10-28-11-9-26)23-20(24-19)25-21(30)22-13-17-6-5-16(2)29-17/h5-6,12,15H,3-4,7-11,13-14H2,1-2H3,(H2,22,23,24,25,30)/t15-/m1/s1. The topological polar surface area (TPSA) is 78.7 Å². The number of anilines is 3. The molecule has 2 aromatic rings. The van der Waals surface area contributed by atoms with Gasteiger partial charge in [-0.15, -0.1) is 0 Å². The number of furan rings is 1. The molecule has 162 valence electrons. The zero-order valence-electron chi connectivity index (χ0n) is 17.7. The second-order valence-corrected chi connectivity index (χ2v) is 8.43. The van der Waals surface area contributed by atoms with Crippen LogP contribution in [-0.2, 0) is 11.3 Å². The van der Waals surface area contributed by atoms with Gasteiger partial charge >= 0.3 is 0 Å². The minimum absolute atomic E-state index is 0.473. The molecule has 2 aliphatic heterocycles. The number of thiocarbonyl (C=S) groups is 1. The molecule has 0 saturated carbocycles. The molecule has 0 aromatic carbocycles. The van der Waals surface area contributed by atoms with Gasteiger partial charge in [-0.2, -0.15) is 9.97 Å². The molecule has 0 radical (unpaired) electrons. The number of aryl methyl sites for hydroxylation is 1. The fraction of sp³-hybridized carbons (Fsp3) is 0.571. The SMILES string of the molecule is Cc1ccc(CNC(=S)Nc2nc(N3CCOCC3)cc(N3CCC[C@@H](C)C3)n2)o1. The van der Waals surface area contributed by atoms with Crippen LogP contribution in [0, 0.1) is 12.8 Å². The maximum atomic E-state index is 5.58. The summed E-state index contributed by atoms with van der Waals surface area (Å²) in [5, 5.41) is 6.80. The number of morpholine rings is 1. The lowest BCUT2D eigenvalue weighted by Gasteiger charge is -2.33. The predicted octanol–water partition coefficient (Wildman–Crippen LogP) is 2.94. The third-order valence-corrected chi connectivity index (χ3v) is 5.71. The molecule has 4 rings (SSSR count). The number of rotatable bonds is 5. The summed E-state index contributed by atoms with van der Waals surface area (Å²) in [4.78, 5) is 14.1. The average Bonchev–Trinajstić information content (AvgIpc) is 3.18. The average molecular weight is 431 g/mol. The van der Waals surface area contributed by atoms with Crippen molar-refractivity contribution in [1.82, 2.24) is 15.3 Å². The normalized spacial score (nSPS) is 19.6. The summed E-state index contributed by atoms with van der Waals surface area (Å²) in [7, 11) is 0. The summed E-state index contributed by atoms with van der Waals surface area (Å²) >= 11 is 5.47. The van der Waals surface area contributed by atoms with E-state index in [4.69, 9.17) is 31.3 Å². The Bertz CT molecular complexity index is 867. The van der Waals surface area contributed by atoms with Crippen LogP contribution in [0.4, 0.5) is 17.6 Å². The van der Waals surface area contributed by atoms with Crippen LogP contribution in [-0.4, -0.2) is 54.5 Å². The maximum absolute atomic E-state index is 5.58. The van der Waals surface area contributed by atoms with Crippen LogP contribution < -0.4 is 20.4 Å². The lowest BCUT2D eigenvalue weighted by molar-refractivity contribution is 0.122. The van der Waals surface area contributed by atoms with Gasteiger partial charge in [-0.05, 0) is 50.0 Å². The van der Waals surface area contributed by atoms with Crippen molar-refractivity contribution in [2.24, 2.45) is 5.92 Å². The number of ether oxygens (including phenoxy) is 1. The highest BCUT2D eigenvalue weighted by molar-refractivity contribution is 7.80. The van der Waals surface area contributed by atoms with Crippen LogP contribution in [0.3, 0.4) is 0 Å². The first-order valence-electron chi connectivity index (χ1n) is 10.6. The lowest BCUT2D eigenvalue weighted by atomic mass is 10.0. The minimum atomic E-state index is 0.473. The molecule has 8 nitrogen and oxygen atoms in total. The second-order valence-electron chi connectivity index (χ2n) is 8.02. The molecule has 0 aliphatic carbocycles. The number of aromatic nitrogens is 2. The summed E-state index contributed by atoms with van der Waals surface area (Å²) in [6.07, 6.45) is 2.45. The van der Waals surface area contributed by atoms with E-state index in [1.807, 2.05) is 19.1 Å². The Kier molecular flexibility index (Phi) is 6.69. The quantitative estimate of drug-likeness (QED) is 0.696. The highest BCUT2D eigenvalue weighted by Crippen LogP contribution is 2.26. The molecule has 2 saturated heterocycles. The molecule has 2 fully saturated rings. The predicted molar refractivity (Wildman–Crippen MR) is 122 cm³/mol. The number of nitrogens with zero attached hydrogens (tertiary/aromatic N) is 4. The lowest BCUT2D eigenvalue weighted by Crippen LogP contribution is -2.38. The first kappa shape index (κ1) is 20.9. The third-order valence-electron chi connectivity index (χ3n) is 5.46. The maximum Gasteiger partial charge on any atom is 0.232 e. The second kappa shape index (κ2) is 9.61. The summed E-state index contributed by atoms with van der Waals surface area (Å²) in [5.41, 5.74) is 0. The molecule has 30 heavy (non-hydrogen) atoms. The van der Waals surface area contributed by atoms with Crippen molar-refractivity contribution in [3.63, 3.8) is 0 Å². The fourth-order valence-corrected chi connectivity index (χ4v) is 4.05. The molecule has 2 aliphatic rings. The molecule has 9 heteroatoms. The van der Waals surface area contributed by atoms with Crippen molar-refractivity contribution in [1.29, 1.82) is 0 Å².